The van der Waals surface area contributed by atoms with E-state index in [1.54, 1.807) is 6.07 Å². The first-order valence-corrected chi connectivity index (χ1v) is 6.01. The molecule has 0 saturated carbocycles. The number of hydrogen-bond donors (Lipinski definition) is 1. The zero-order valence-corrected chi connectivity index (χ0v) is 11.1. The van der Waals surface area contributed by atoms with Gasteiger partial charge in [-0.25, -0.2) is 0 Å². The van der Waals surface area contributed by atoms with Gasteiger partial charge in [0.15, 0.2) is 0 Å². The van der Waals surface area contributed by atoms with Crippen LogP contribution >= 0.6 is 23.2 Å². The maximum absolute atomic E-state index is 6.13. The van der Waals surface area contributed by atoms with Crippen molar-refractivity contribution in [1.29, 1.82) is 0 Å². The summed E-state index contributed by atoms with van der Waals surface area (Å²) in [7, 11) is 0. The fourth-order valence-electron chi connectivity index (χ4n) is 1.51. The van der Waals surface area contributed by atoms with Crippen molar-refractivity contribution < 1.29 is 4.74 Å². The summed E-state index contributed by atoms with van der Waals surface area (Å²) in [6, 6.07) is 5.58. The predicted molar refractivity (Wildman–Crippen MR) is 69.3 cm³/mol. The van der Waals surface area contributed by atoms with E-state index in [0.717, 1.165) is 5.56 Å². The molecule has 90 valence electrons. The third kappa shape index (κ3) is 3.95. The van der Waals surface area contributed by atoms with Gasteiger partial charge in [-0.1, -0.05) is 35.3 Å². The maximum atomic E-state index is 6.13. The Balaban J connectivity index is 2.75. The minimum atomic E-state index is -0.426. The molecule has 1 unspecified atom stereocenters. The minimum Gasteiger partial charge on any atom is -0.380 e. The molecule has 0 aliphatic carbocycles. The van der Waals surface area contributed by atoms with E-state index >= 15 is 0 Å². The summed E-state index contributed by atoms with van der Waals surface area (Å²) >= 11 is 12.0. The maximum Gasteiger partial charge on any atom is 0.0646 e. The highest BCUT2D eigenvalue weighted by atomic mass is 35.5. The molecule has 0 saturated heterocycles. The average molecular weight is 262 g/mol. The lowest BCUT2D eigenvalue weighted by Crippen LogP contribution is -2.43. The average Bonchev–Trinajstić information content (AvgIpc) is 2.22. The Morgan fingerprint density at radius 3 is 2.69 bits per heavy atom. The minimum absolute atomic E-state index is 0.426. The molecule has 0 aromatic heterocycles. The molecular formula is C12H17Cl2NO. The predicted octanol–water partition coefficient (Wildman–Crippen LogP) is 3.29. The zero-order chi connectivity index (χ0) is 12.2. The third-order valence-corrected chi connectivity index (χ3v) is 3.12. The molecule has 1 atom stereocenters. The van der Waals surface area contributed by atoms with Crippen molar-refractivity contribution in [3.63, 3.8) is 0 Å². The van der Waals surface area contributed by atoms with Gasteiger partial charge in [0, 0.05) is 12.1 Å². The highest BCUT2D eigenvalue weighted by molar-refractivity contribution is 6.42. The zero-order valence-electron chi connectivity index (χ0n) is 9.59. The van der Waals surface area contributed by atoms with Crippen LogP contribution in [0.3, 0.4) is 0 Å². The van der Waals surface area contributed by atoms with E-state index < -0.39 is 5.54 Å². The molecular weight excluding hydrogens is 245 g/mol. The van der Waals surface area contributed by atoms with Gasteiger partial charge >= 0.3 is 0 Å². The molecule has 0 aliphatic rings. The van der Waals surface area contributed by atoms with Crippen LogP contribution in [-0.4, -0.2) is 18.8 Å². The van der Waals surface area contributed by atoms with Crippen molar-refractivity contribution in [2.75, 3.05) is 13.2 Å². The number of benzene rings is 1. The molecule has 1 rings (SSSR count). The van der Waals surface area contributed by atoms with Crippen LogP contribution < -0.4 is 5.73 Å². The lowest BCUT2D eigenvalue weighted by atomic mass is 9.95. The normalized spacial score (nSPS) is 14.8. The van der Waals surface area contributed by atoms with Gasteiger partial charge in [0.2, 0.25) is 0 Å². The summed E-state index contributed by atoms with van der Waals surface area (Å²) < 4.78 is 5.34. The Hall–Kier alpha value is -0.280. The van der Waals surface area contributed by atoms with Crippen molar-refractivity contribution in [3.8, 4) is 0 Å². The molecule has 16 heavy (non-hydrogen) atoms. The van der Waals surface area contributed by atoms with Crippen LogP contribution in [-0.2, 0) is 11.2 Å². The summed E-state index contributed by atoms with van der Waals surface area (Å²) in [6.07, 6.45) is 0.645. The Morgan fingerprint density at radius 2 is 2.06 bits per heavy atom. The van der Waals surface area contributed by atoms with Crippen molar-refractivity contribution in [3.05, 3.63) is 33.8 Å². The summed E-state index contributed by atoms with van der Waals surface area (Å²) in [6.45, 7) is 5.06. The molecule has 0 bridgehead atoms. The van der Waals surface area contributed by atoms with Gasteiger partial charge < -0.3 is 10.5 Å². The number of halogens is 2. The standard InChI is InChI=1S/C12H17Cl2NO/c1-3-16-8-12(2,15)7-9-5-4-6-10(13)11(9)14/h4-6H,3,7-8,15H2,1-2H3. The fraction of sp³-hybridized carbons (Fsp3) is 0.500. The van der Waals surface area contributed by atoms with Crippen molar-refractivity contribution >= 4 is 23.2 Å². The Bertz CT molecular complexity index is 353. The van der Waals surface area contributed by atoms with Crippen molar-refractivity contribution in [2.24, 2.45) is 5.73 Å². The topological polar surface area (TPSA) is 35.2 Å². The molecule has 0 aliphatic heterocycles. The monoisotopic (exact) mass is 261 g/mol. The molecule has 0 fully saturated rings. The first-order valence-electron chi connectivity index (χ1n) is 5.26. The largest absolute Gasteiger partial charge is 0.380 e. The number of hydrogen-bond acceptors (Lipinski definition) is 2. The molecule has 1 aromatic carbocycles. The molecule has 1 aromatic rings. The van der Waals surface area contributed by atoms with Crippen LogP contribution in [0.2, 0.25) is 10.0 Å². The SMILES string of the molecule is CCOCC(C)(N)Cc1cccc(Cl)c1Cl. The number of nitrogens with two attached hydrogens (primary N) is 1. The molecule has 0 spiro atoms. The van der Waals surface area contributed by atoms with E-state index in [-0.39, 0.29) is 0 Å². The van der Waals surface area contributed by atoms with Crippen LogP contribution in [0.15, 0.2) is 18.2 Å². The second-order valence-corrected chi connectivity index (χ2v) is 4.97. The van der Waals surface area contributed by atoms with Gasteiger partial charge in [-0.05, 0) is 31.9 Å². The summed E-state index contributed by atoms with van der Waals surface area (Å²) in [5.74, 6) is 0. The molecule has 2 nitrogen and oxygen atoms in total. The van der Waals surface area contributed by atoms with E-state index in [1.807, 2.05) is 26.0 Å². The second kappa shape index (κ2) is 5.87. The molecule has 0 amide bonds. The van der Waals surface area contributed by atoms with Crippen LogP contribution in [0.5, 0.6) is 0 Å². The van der Waals surface area contributed by atoms with Gasteiger partial charge in [0.25, 0.3) is 0 Å². The van der Waals surface area contributed by atoms with Gasteiger partial charge in [-0.15, -0.1) is 0 Å². The van der Waals surface area contributed by atoms with E-state index in [2.05, 4.69) is 0 Å². The first kappa shape index (κ1) is 13.8. The highest BCUT2D eigenvalue weighted by Crippen LogP contribution is 2.27. The highest BCUT2D eigenvalue weighted by Gasteiger charge is 2.21. The van der Waals surface area contributed by atoms with E-state index in [4.69, 9.17) is 33.7 Å². The van der Waals surface area contributed by atoms with Gasteiger partial charge in [-0.2, -0.15) is 0 Å². The van der Waals surface area contributed by atoms with Gasteiger partial charge in [-0.3, -0.25) is 0 Å². The molecule has 2 N–H and O–H groups in total. The van der Waals surface area contributed by atoms with Crippen LogP contribution in [0.25, 0.3) is 0 Å². The number of rotatable bonds is 5. The lowest BCUT2D eigenvalue weighted by molar-refractivity contribution is 0.101. The van der Waals surface area contributed by atoms with Crippen LogP contribution in [0, 0.1) is 0 Å². The smallest absolute Gasteiger partial charge is 0.0646 e. The Kier molecular flexibility index (Phi) is 5.06. The quantitative estimate of drug-likeness (QED) is 0.883. The Morgan fingerprint density at radius 1 is 1.38 bits per heavy atom. The van der Waals surface area contributed by atoms with Crippen molar-refractivity contribution in [1.82, 2.24) is 0 Å². The van der Waals surface area contributed by atoms with E-state index in [9.17, 15) is 0 Å². The number of ether oxygens (including phenoxy) is 1. The first-order chi connectivity index (χ1) is 7.46. The summed E-state index contributed by atoms with van der Waals surface area (Å²) in [5, 5.41) is 1.14. The third-order valence-electron chi connectivity index (χ3n) is 2.26. The van der Waals surface area contributed by atoms with Crippen LogP contribution in [0.1, 0.15) is 19.4 Å². The van der Waals surface area contributed by atoms with Gasteiger partial charge in [0.1, 0.15) is 0 Å². The Labute approximate surface area is 107 Å². The molecule has 0 heterocycles. The molecule has 4 heteroatoms. The molecule has 0 radical (unpaired) electrons. The fourth-order valence-corrected chi connectivity index (χ4v) is 1.89. The van der Waals surface area contributed by atoms with Crippen LogP contribution in [0.4, 0.5) is 0 Å². The summed E-state index contributed by atoms with van der Waals surface area (Å²) in [4.78, 5) is 0. The summed E-state index contributed by atoms with van der Waals surface area (Å²) in [5.41, 5.74) is 6.66. The second-order valence-electron chi connectivity index (χ2n) is 4.18. The van der Waals surface area contributed by atoms with Gasteiger partial charge in [0.05, 0.1) is 16.7 Å². The lowest BCUT2D eigenvalue weighted by Gasteiger charge is -2.24. The van der Waals surface area contributed by atoms with E-state index in [1.165, 1.54) is 0 Å². The van der Waals surface area contributed by atoms with Crippen molar-refractivity contribution in [2.45, 2.75) is 25.8 Å². The van der Waals surface area contributed by atoms with E-state index in [0.29, 0.717) is 29.7 Å².